The molecule has 0 amide bonds. The summed E-state index contributed by atoms with van der Waals surface area (Å²) in [5, 5.41) is 1.80. The van der Waals surface area contributed by atoms with Gasteiger partial charge in [-0.1, -0.05) is 34.8 Å². The zero-order valence-electron chi connectivity index (χ0n) is 13.4. The number of hydrogen-bond donors (Lipinski definition) is 1. The smallest absolute Gasteiger partial charge is 0.156 e. The molecule has 1 heterocycles. The largest absolute Gasteiger partial charge is 0.487 e. The fourth-order valence-electron chi connectivity index (χ4n) is 2.96. The number of rotatable bonds is 3. The zero-order chi connectivity index (χ0) is 17.3. The van der Waals surface area contributed by atoms with Crippen LogP contribution in [0.5, 0.6) is 5.75 Å². The Labute approximate surface area is 157 Å². The van der Waals surface area contributed by atoms with Crippen LogP contribution in [0.2, 0.25) is 15.1 Å². The number of aryl methyl sites for hydroxylation is 1. The molecule has 1 fully saturated rings. The molecule has 24 heavy (non-hydrogen) atoms. The van der Waals surface area contributed by atoms with Gasteiger partial charge < -0.3 is 15.4 Å². The molecule has 2 N–H and O–H groups in total. The van der Waals surface area contributed by atoms with Gasteiger partial charge in [0.25, 0.3) is 0 Å². The van der Waals surface area contributed by atoms with Crippen LogP contribution >= 0.6 is 34.8 Å². The molecule has 1 aliphatic rings. The molecule has 1 saturated heterocycles. The van der Waals surface area contributed by atoms with Gasteiger partial charge in [0.2, 0.25) is 0 Å². The van der Waals surface area contributed by atoms with Gasteiger partial charge in [0.15, 0.2) is 5.75 Å². The lowest BCUT2D eigenvalue weighted by Gasteiger charge is -2.34. The molecular formula is C18H19Cl3N2O. The van der Waals surface area contributed by atoms with Crippen LogP contribution in [0.25, 0.3) is 0 Å². The van der Waals surface area contributed by atoms with Gasteiger partial charge in [-0.25, -0.2) is 0 Å². The van der Waals surface area contributed by atoms with Gasteiger partial charge in [-0.2, -0.15) is 0 Å². The molecule has 0 bridgehead atoms. The van der Waals surface area contributed by atoms with E-state index in [4.69, 9.17) is 45.3 Å². The summed E-state index contributed by atoms with van der Waals surface area (Å²) >= 11 is 18.8. The first-order chi connectivity index (χ1) is 11.4. The molecular weight excluding hydrogens is 367 g/mol. The van der Waals surface area contributed by atoms with Crippen molar-refractivity contribution in [1.82, 2.24) is 0 Å². The first-order valence-corrected chi connectivity index (χ1v) is 8.99. The van der Waals surface area contributed by atoms with Crippen molar-refractivity contribution in [3.05, 3.63) is 51.0 Å². The summed E-state index contributed by atoms with van der Waals surface area (Å²) in [4.78, 5) is 2.25. The molecule has 0 atom stereocenters. The summed E-state index contributed by atoms with van der Waals surface area (Å²) in [5.74, 6) is 0.577. The van der Waals surface area contributed by atoms with Crippen LogP contribution in [0.1, 0.15) is 18.4 Å². The third-order valence-electron chi connectivity index (χ3n) is 4.18. The average Bonchev–Trinajstić information content (AvgIpc) is 2.52. The van der Waals surface area contributed by atoms with E-state index in [-0.39, 0.29) is 6.10 Å². The highest BCUT2D eigenvalue weighted by Crippen LogP contribution is 2.36. The summed E-state index contributed by atoms with van der Waals surface area (Å²) in [6.45, 7) is 3.67. The monoisotopic (exact) mass is 384 g/mol. The second kappa shape index (κ2) is 7.30. The van der Waals surface area contributed by atoms with Crippen LogP contribution in [0.3, 0.4) is 0 Å². The van der Waals surface area contributed by atoms with Crippen molar-refractivity contribution in [1.29, 1.82) is 0 Å². The van der Waals surface area contributed by atoms with Gasteiger partial charge in [-0.3, -0.25) is 0 Å². The summed E-state index contributed by atoms with van der Waals surface area (Å²) in [6.07, 6.45) is 1.84. The number of nitrogens with zero attached hydrogens (tertiary/aromatic N) is 1. The molecule has 3 nitrogen and oxygen atoms in total. The van der Waals surface area contributed by atoms with Crippen molar-refractivity contribution in [2.24, 2.45) is 0 Å². The van der Waals surface area contributed by atoms with Crippen molar-refractivity contribution in [3.8, 4) is 5.75 Å². The second-order valence-electron chi connectivity index (χ2n) is 6.07. The van der Waals surface area contributed by atoms with Gasteiger partial charge in [0.05, 0.1) is 20.8 Å². The molecule has 0 saturated carbocycles. The van der Waals surface area contributed by atoms with Crippen LogP contribution in [-0.2, 0) is 0 Å². The van der Waals surface area contributed by atoms with E-state index in [1.165, 1.54) is 0 Å². The van der Waals surface area contributed by atoms with E-state index in [0.29, 0.717) is 26.5 Å². The Balaban J connectivity index is 1.65. The molecule has 2 aromatic rings. The maximum atomic E-state index is 6.30. The molecule has 128 valence electrons. The summed E-state index contributed by atoms with van der Waals surface area (Å²) in [7, 11) is 0. The van der Waals surface area contributed by atoms with Crippen molar-refractivity contribution in [2.45, 2.75) is 25.9 Å². The van der Waals surface area contributed by atoms with Crippen LogP contribution < -0.4 is 15.4 Å². The third kappa shape index (κ3) is 3.85. The first-order valence-electron chi connectivity index (χ1n) is 7.86. The maximum absolute atomic E-state index is 6.30. The summed E-state index contributed by atoms with van der Waals surface area (Å²) in [6, 6.07) is 9.35. The number of benzene rings is 2. The summed E-state index contributed by atoms with van der Waals surface area (Å²) < 4.78 is 6.06. The number of nitrogens with two attached hydrogens (primary N) is 1. The third-order valence-corrected chi connectivity index (χ3v) is 5.05. The first kappa shape index (κ1) is 17.5. The normalized spacial score (nSPS) is 15.6. The lowest BCUT2D eigenvalue weighted by atomic mass is 10.1. The number of hydrogen-bond acceptors (Lipinski definition) is 3. The van der Waals surface area contributed by atoms with Gasteiger partial charge in [-0.15, -0.1) is 0 Å². The van der Waals surface area contributed by atoms with Gasteiger partial charge in [0.1, 0.15) is 6.10 Å². The van der Waals surface area contributed by atoms with Crippen molar-refractivity contribution in [2.75, 3.05) is 23.7 Å². The highest BCUT2D eigenvalue weighted by atomic mass is 35.5. The fraction of sp³-hybridized carbons (Fsp3) is 0.333. The lowest BCUT2D eigenvalue weighted by Crippen LogP contribution is -2.38. The van der Waals surface area contributed by atoms with Gasteiger partial charge in [-0.05, 0) is 42.8 Å². The molecule has 2 aromatic carbocycles. The highest BCUT2D eigenvalue weighted by molar-refractivity contribution is 6.37. The van der Waals surface area contributed by atoms with E-state index in [2.05, 4.69) is 4.90 Å². The van der Waals surface area contributed by atoms with Gasteiger partial charge >= 0.3 is 0 Å². The number of nitrogen functional groups attached to an aromatic ring is 1. The molecule has 6 heteroatoms. The van der Waals surface area contributed by atoms with E-state index in [0.717, 1.165) is 37.2 Å². The Bertz CT molecular complexity index is 720. The van der Waals surface area contributed by atoms with Crippen LogP contribution in [0.15, 0.2) is 30.3 Å². The zero-order valence-corrected chi connectivity index (χ0v) is 15.6. The molecule has 3 rings (SSSR count). The minimum absolute atomic E-state index is 0.0894. The second-order valence-corrected chi connectivity index (χ2v) is 7.29. The van der Waals surface area contributed by atoms with E-state index in [1.54, 1.807) is 6.07 Å². The predicted octanol–water partition coefficient (Wildman–Crippen LogP) is 5.59. The molecule has 0 aromatic heterocycles. The van der Waals surface area contributed by atoms with Crippen molar-refractivity contribution >= 4 is 46.2 Å². The number of halogens is 3. The molecule has 1 aliphatic heterocycles. The maximum Gasteiger partial charge on any atom is 0.156 e. The minimum atomic E-state index is 0.0894. The Hall–Kier alpha value is -1.29. The van der Waals surface area contributed by atoms with Crippen LogP contribution in [0, 0.1) is 6.92 Å². The molecule has 0 unspecified atom stereocenters. The number of piperidine rings is 1. The van der Waals surface area contributed by atoms with E-state index in [1.807, 2.05) is 31.2 Å². The number of anilines is 2. The Morgan fingerprint density at radius 1 is 1.00 bits per heavy atom. The quantitative estimate of drug-likeness (QED) is 0.700. The molecule has 0 radical (unpaired) electrons. The topological polar surface area (TPSA) is 38.5 Å². The number of ether oxygens (including phenoxy) is 1. The fourth-order valence-corrected chi connectivity index (χ4v) is 3.95. The lowest BCUT2D eigenvalue weighted by molar-refractivity contribution is 0.171. The highest BCUT2D eigenvalue weighted by Gasteiger charge is 2.23. The molecule has 0 spiro atoms. The van der Waals surface area contributed by atoms with Crippen molar-refractivity contribution < 1.29 is 4.74 Å². The van der Waals surface area contributed by atoms with Crippen LogP contribution in [0.4, 0.5) is 11.4 Å². The van der Waals surface area contributed by atoms with E-state index < -0.39 is 0 Å². The van der Waals surface area contributed by atoms with Crippen LogP contribution in [-0.4, -0.2) is 19.2 Å². The standard InChI is InChI=1S/C18H19Cl3N2O/c1-11-8-15(20)18(16(21)9-11)24-13-4-6-23(7-5-13)17-3-2-12(22)10-14(17)19/h2-3,8-10,13H,4-7,22H2,1H3. The molecule has 0 aliphatic carbocycles. The minimum Gasteiger partial charge on any atom is -0.487 e. The Kier molecular flexibility index (Phi) is 5.33. The Morgan fingerprint density at radius 3 is 2.21 bits per heavy atom. The summed E-state index contributed by atoms with van der Waals surface area (Å²) in [5.41, 5.74) is 8.46. The SMILES string of the molecule is Cc1cc(Cl)c(OC2CCN(c3ccc(N)cc3Cl)CC2)c(Cl)c1. The van der Waals surface area contributed by atoms with E-state index in [9.17, 15) is 0 Å². The van der Waals surface area contributed by atoms with E-state index >= 15 is 0 Å². The Morgan fingerprint density at radius 2 is 1.62 bits per heavy atom. The van der Waals surface area contributed by atoms with Gasteiger partial charge in [0, 0.05) is 31.6 Å². The average molecular weight is 386 g/mol. The van der Waals surface area contributed by atoms with Crippen molar-refractivity contribution in [3.63, 3.8) is 0 Å². The predicted molar refractivity (Wildman–Crippen MR) is 103 cm³/mol.